The molecule has 0 spiro atoms. The van der Waals surface area contributed by atoms with Crippen LogP contribution in [0.15, 0.2) is 23.1 Å². The van der Waals surface area contributed by atoms with E-state index in [-0.39, 0.29) is 6.61 Å². The molecule has 1 rings (SSSR count). The average molecular weight is 222 g/mol. The molecule has 0 aromatic heterocycles. The predicted octanol–water partition coefficient (Wildman–Crippen LogP) is 2.92. The van der Waals surface area contributed by atoms with Gasteiger partial charge in [0, 0.05) is 4.90 Å². The van der Waals surface area contributed by atoms with Crippen molar-refractivity contribution in [2.24, 2.45) is 0 Å². The summed E-state index contributed by atoms with van der Waals surface area (Å²) in [6.45, 7) is -0.242. The van der Waals surface area contributed by atoms with E-state index in [1.165, 1.54) is 17.8 Å². The highest BCUT2D eigenvalue weighted by Gasteiger charge is 2.30. The van der Waals surface area contributed by atoms with Crippen molar-refractivity contribution in [1.29, 1.82) is 0 Å². The van der Waals surface area contributed by atoms with Crippen LogP contribution in [0.25, 0.3) is 0 Å². The Morgan fingerprint density at radius 2 is 2.00 bits per heavy atom. The Labute approximate surface area is 83.9 Å². The molecule has 0 aliphatic heterocycles. The first-order valence-electron chi connectivity index (χ1n) is 3.84. The maximum absolute atomic E-state index is 12.3. The molecular formula is C9H9F3OS. The van der Waals surface area contributed by atoms with E-state index in [2.05, 4.69) is 0 Å². The van der Waals surface area contributed by atoms with Gasteiger partial charge in [-0.15, -0.1) is 11.8 Å². The molecule has 14 heavy (non-hydrogen) atoms. The summed E-state index contributed by atoms with van der Waals surface area (Å²) in [7, 11) is 0. The maximum Gasteiger partial charge on any atom is 0.416 e. The maximum atomic E-state index is 12.3. The lowest BCUT2D eigenvalue weighted by atomic mass is 10.1. The third-order valence-electron chi connectivity index (χ3n) is 1.78. The fourth-order valence-corrected chi connectivity index (χ4v) is 1.69. The number of thioether (sulfide) groups is 1. The van der Waals surface area contributed by atoms with Gasteiger partial charge in [-0.05, 0) is 24.0 Å². The van der Waals surface area contributed by atoms with Crippen LogP contribution in [0, 0.1) is 0 Å². The quantitative estimate of drug-likeness (QED) is 0.776. The van der Waals surface area contributed by atoms with Gasteiger partial charge < -0.3 is 5.11 Å². The molecule has 1 aromatic carbocycles. The largest absolute Gasteiger partial charge is 0.416 e. The molecule has 0 heterocycles. The number of hydrogen-bond donors (Lipinski definition) is 1. The minimum atomic E-state index is -4.32. The lowest BCUT2D eigenvalue weighted by Crippen LogP contribution is -2.05. The molecule has 0 saturated heterocycles. The number of rotatable bonds is 2. The van der Waals surface area contributed by atoms with E-state index in [1.807, 2.05) is 0 Å². The molecule has 0 radical (unpaired) electrons. The highest BCUT2D eigenvalue weighted by molar-refractivity contribution is 7.98. The first-order valence-corrected chi connectivity index (χ1v) is 5.06. The topological polar surface area (TPSA) is 20.2 Å². The lowest BCUT2D eigenvalue weighted by molar-refractivity contribution is -0.137. The van der Waals surface area contributed by atoms with Crippen LogP contribution in [0.4, 0.5) is 13.2 Å². The van der Waals surface area contributed by atoms with Gasteiger partial charge in [0.1, 0.15) is 0 Å². The molecule has 0 atom stereocenters. The van der Waals surface area contributed by atoms with Gasteiger partial charge in [0.25, 0.3) is 0 Å². The van der Waals surface area contributed by atoms with E-state index >= 15 is 0 Å². The van der Waals surface area contributed by atoms with E-state index in [1.54, 1.807) is 6.26 Å². The third-order valence-corrected chi connectivity index (χ3v) is 2.60. The minimum Gasteiger partial charge on any atom is -0.392 e. The van der Waals surface area contributed by atoms with E-state index in [0.717, 1.165) is 12.1 Å². The summed E-state index contributed by atoms with van der Waals surface area (Å²) >= 11 is 1.19. The van der Waals surface area contributed by atoms with Crippen molar-refractivity contribution in [2.75, 3.05) is 6.26 Å². The number of benzene rings is 1. The minimum absolute atomic E-state index is 0.242. The summed E-state index contributed by atoms with van der Waals surface area (Å²) in [5.74, 6) is 0. The van der Waals surface area contributed by atoms with Gasteiger partial charge in [-0.25, -0.2) is 0 Å². The highest BCUT2D eigenvalue weighted by Crippen LogP contribution is 2.32. The first kappa shape index (κ1) is 11.4. The Hall–Kier alpha value is -0.680. The van der Waals surface area contributed by atoms with Gasteiger partial charge in [0.05, 0.1) is 12.2 Å². The smallest absolute Gasteiger partial charge is 0.392 e. The van der Waals surface area contributed by atoms with Gasteiger partial charge in [-0.3, -0.25) is 0 Å². The number of halogens is 3. The molecule has 78 valence electrons. The molecule has 0 unspecified atom stereocenters. The highest BCUT2D eigenvalue weighted by atomic mass is 32.2. The van der Waals surface area contributed by atoms with E-state index in [9.17, 15) is 13.2 Å². The second-order valence-electron chi connectivity index (χ2n) is 2.68. The summed E-state index contributed by atoms with van der Waals surface area (Å²) in [6, 6.07) is 3.33. The van der Waals surface area contributed by atoms with Gasteiger partial charge in [-0.1, -0.05) is 6.07 Å². The fraction of sp³-hybridized carbons (Fsp3) is 0.333. The molecule has 5 heteroatoms. The van der Waals surface area contributed by atoms with E-state index in [4.69, 9.17) is 5.11 Å². The van der Waals surface area contributed by atoms with Crippen molar-refractivity contribution in [2.45, 2.75) is 17.7 Å². The molecule has 1 aromatic rings. The SMILES string of the molecule is CSc1cc(C(F)(F)F)ccc1CO. The lowest BCUT2D eigenvalue weighted by Gasteiger charge is -2.10. The molecule has 0 saturated carbocycles. The van der Waals surface area contributed by atoms with Crippen LogP contribution < -0.4 is 0 Å². The monoisotopic (exact) mass is 222 g/mol. The summed E-state index contributed by atoms with van der Waals surface area (Å²) in [5, 5.41) is 8.85. The molecule has 0 amide bonds. The van der Waals surface area contributed by atoms with Gasteiger partial charge >= 0.3 is 6.18 Å². The van der Waals surface area contributed by atoms with Crippen molar-refractivity contribution in [3.8, 4) is 0 Å². The molecule has 0 fully saturated rings. The number of aliphatic hydroxyl groups excluding tert-OH is 1. The second kappa shape index (κ2) is 4.23. The Bertz CT molecular complexity index is 322. The van der Waals surface area contributed by atoms with Crippen molar-refractivity contribution >= 4 is 11.8 Å². The van der Waals surface area contributed by atoms with Gasteiger partial charge in [0.15, 0.2) is 0 Å². The van der Waals surface area contributed by atoms with E-state index in [0.29, 0.717) is 10.5 Å². The molecule has 1 nitrogen and oxygen atoms in total. The van der Waals surface area contributed by atoms with Crippen molar-refractivity contribution in [3.63, 3.8) is 0 Å². The Kier molecular flexibility index (Phi) is 3.44. The zero-order valence-corrected chi connectivity index (χ0v) is 8.25. The number of aliphatic hydroxyl groups is 1. The van der Waals surface area contributed by atoms with Crippen LogP contribution in [0.2, 0.25) is 0 Å². The van der Waals surface area contributed by atoms with Crippen molar-refractivity contribution in [3.05, 3.63) is 29.3 Å². The summed E-state index contributed by atoms with van der Waals surface area (Å²) in [5.41, 5.74) is -0.162. The average Bonchev–Trinajstić information content (AvgIpc) is 2.15. The molecule has 0 aliphatic carbocycles. The van der Waals surface area contributed by atoms with Crippen LogP contribution in [0.1, 0.15) is 11.1 Å². The number of hydrogen-bond acceptors (Lipinski definition) is 2. The fourth-order valence-electron chi connectivity index (χ4n) is 1.05. The zero-order chi connectivity index (χ0) is 10.8. The molecular weight excluding hydrogens is 213 g/mol. The van der Waals surface area contributed by atoms with Crippen LogP contribution in [-0.2, 0) is 12.8 Å². The van der Waals surface area contributed by atoms with Crippen LogP contribution in [-0.4, -0.2) is 11.4 Å². The zero-order valence-electron chi connectivity index (χ0n) is 7.43. The second-order valence-corrected chi connectivity index (χ2v) is 3.53. The summed E-state index contributed by atoms with van der Waals surface area (Å²) in [4.78, 5) is 0.460. The summed E-state index contributed by atoms with van der Waals surface area (Å²) < 4.78 is 36.8. The summed E-state index contributed by atoms with van der Waals surface area (Å²) in [6.07, 6.45) is -2.65. The van der Waals surface area contributed by atoms with Crippen LogP contribution >= 0.6 is 11.8 Å². The Morgan fingerprint density at radius 1 is 1.36 bits per heavy atom. The molecule has 1 N–H and O–H groups in total. The first-order chi connectivity index (χ1) is 6.49. The normalized spacial score (nSPS) is 11.8. The van der Waals surface area contributed by atoms with Gasteiger partial charge in [0.2, 0.25) is 0 Å². The van der Waals surface area contributed by atoms with Crippen molar-refractivity contribution in [1.82, 2.24) is 0 Å². The Balaban J connectivity index is 3.14. The van der Waals surface area contributed by atoms with Crippen LogP contribution in [0.5, 0.6) is 0 Å². The van der Waals surface area contributed by atoms with E-state index < -0.39 is 11.7 Å². The molecule has 0 aliphatic rings. The van der Waals surface area contributed by atoms with Gasteiger partial charge in [-0.2, -0.15) is 13.2 Å². The van der Waals surface area contributed by atoms with Crippen LogP contribution in [0.3, 0.4) is 0 Å². The predicted molar refractivity (Wildman–Crippen MR) is 49.1 cm³/mol. The standard InChI is InChI=1S/C9H9F3OS/c1-14-8-4-7(9(10,11)12)3-2-6(8)5-13/h2-4,13H,5H2,1H3. The molecule has 0 bridgehead atoms. The third kappa shape index (κ3) is 2.42. The number of alkyl halides is 3. The van der Waals surface area contributed by atoms with Crippen molar-refractivity contribution < 1.29 is 18.3 Å². The Morgan fingerprint density at radius 3 is 2.43 bits per heavy atom.